The summed E-state index contributed by atoms with van der Waals surface area (Å²) in [6.45, 7) is 1.96. The second-order valence-electron chi connectivity index (χ2n) is 7.33. The highest BCUT2D eigenvalue weighted by atomic mass is 16.5. The fraction of sp³-hybridized carbons (Fsp3) is 0.450. The largest absolute Gasteiger partial charge is 0.381 e. The van der Waals surface area contributed by atoms with Crippen molar-refractivity contribution in [2.24, 2.45) is 0 Å². The lowest BCUT2D eigenvalue weighted by molar-refractivity contribution is 0.0818. The van der Waals surface area contributed by atoms with Crippen LogP contribution < -0.4 is 4.90 Å². The Hall–Kier alpha value is -2.47. The molecule has 0 radical (unpaired) electrons. The molecule has 1 N–H and O–H groups in total. The Labute approximate surface area is 152 Å². The highest BCUT2D eigenvalue weighted by Crippen LogP contribution is 2.40. The van der Waals surface area contributed by atoms with Gasteiger partial charge in [0.05, 0.1) is 17.8 Å². The lowest BCUT2D eigenvalue weighted by Gasteiger charge is -2.32. The Morgan fingerprint density at radius 2 is 1.96 bits per heavy atom. The second kappa shape index (κ2) is 6.36. The molecule has 0 aromatic carbocycles. The number of hydrogen-bond donors (Lipinski definition) is 1. The van der Waals surface area contributed by atoms with Crippen LogP contribution in [0.5, 0.6) is 0 Å². The number of ether oxygens (including phenoxy) is 1. The first-order valence-corrected chi connectivity index (χ1v) is 9.40. The van der Waals surface area contributed by atoms with Gasteiger partial charge in [-0.1, -0.05) is 0 Å². The van der Waals surface area contributed by atoms with E-state index in [0.717, 1.165) is 53.9 Å². The Morgan fingerprint density at radius 3 is 2.73 bits per heavy atom. The molecule has 6 heteroatoms. The minimum absolute atomic E-state index is 0.373. The fourth-order valence-electron chi connectivity index (χ4n) is 3.81. The zero-order chi connectivity index (χ0) is 17.5. The zero-order valence-electron chi connectivity index (χ0n) is 15.0. The molecule has 3 aromatic heterocycles. The van der Waals surface area contributed by atoms with E-state index in [4.69, 9.17) is 4.74 Å². The lowest BCUT2D eigenvalue weighted by atomic mass is 10.1. The molecule has 26 heavy (non-hydrogen) atoms. The maximum Gasteiger partial charge on any atom is 0.129 e. The van der Waals surface area contributed by atoms with Crippen LogP contribution in [0.2, 0.25) is 0 Å². The molecule has 2 fully saturated rings. The van der Waals surface area contributed by atoms with Crippen molar-refractivity contribution in [3.63, 3.8) is 0 Å². The summed E-state index contributed by atoms with van der Waals surface area (Å²) in [5.74, 6) is 1.65. The van der Waals surface area contributed by atoms with Gasteiger partial charge in [0.25, 0.3) is 0 Å². The van der Waals surface area contributed by atoms with Gasteiger partial charge in [-0.15, -0.1) is 0 Å². The van der Waals surface area contributed by atoms with E-state index < -0.39 is 0 Å². The number of pyridine rings is 2. The molecule has 0 atom stereocenters. The van der Waals surface area contributed by atoms with Crippen molar-refractivity contribution >= 4 is 16.7 Å². The number of nitrogens with zero attached hydrogens (tertiary/aromatic N) is 4. The van der Waals surface area contributed by atoms with Crippen molar-refractivity contribution in [1.82, 2.24) is 20.2 Å². The van der Waals surface area contributed by atoms with Crippen molar-refractivity contribution in [2.75, 3.05) is 25.1 Å². The van der Waals surface area contributed by atoms with Gasteiger partial charge in [0, 0.05) is 49.0 Å². The number of fused-ring (bicyclic) bond motifs is 1. The van der Waals surface area contributed by atoms with E-state index in [-0.39, 0.29) is 0 Å². The van der Waals surface area contributed by atoms with Crippen LogP contribution >= 0.6 is 0 Å². The van der Waals surface area contributed by atoms with Crippen LogP contribution in [0.4, 0.5) is 5.82 Å². The molecule has 1 aliphatic heterocycles. The summed E-state index contributed by atoms with van der Waals surface area (Å²) in [6.07, 6.45) is 8.77. The van der Waals surface area contributed by atoms with Gasteiger partial charge in [0.15, 0.2) is 0 Å². The molecule has 1 saturated carbocycles. The van der Waals surface area contributed by atoms with Gasteiger partial charge >= 0.3 is 0 Å². The van der Waals surface area contributed by atoms with Crippen LogP contribution in [0.1, 0.15) is 37.3 Å². The average molecular weight is 349 g/mol. The third-order valence-corrected chi connectivity index (χ3v) is 5.58. The molecule has 2 aliphatic rings. The molecular weight excluding hydrogens is 326 g/mol. The highest BCUT2D eigenvalue weighted by molar-refractivity contribution is 5.93. The van der Waals surface area contributed by atoms with E-state index in [2.05, 4.69) is 37.2 Å². The van der Waals surface area contributed by atoms with E-state index in [0.29, 0.717) is 12.0 Å². The Kier molecular flexibility index (Phi) is 3.85. The number of rotatable bonds is 4. The molecule has 0 spiro atoms. The van der Waals surface area contributed by atoms with E-state index in [1.807, 2.05) is 18.5 Å². The number of hydrogen-bond acceptors (Lipinski definition) is 5. The summed E-state index contributed by atoms with van der Waals surface area (Å²) in [5.41, 5.74) is 4.27. The minimum Gasteiger partial charge on any atom is -0.381 e. The summed E-state index contributed by atoms with van der Waals surface area (Å²) in [4.78, 5) is 11.5. The van der Waals surface area contributed by atoms with Gasteiger partial charge in [0.1, 0.15) is 11.5 Å². The third-order valence-electron chi connectivity index (χ3n) is 5.58. The van der Waals surface area contributed by atoms with E-state index in [1.54, 1.807) is 7.11 Å². The number of anilines is 1. The number of methoxy groups -OCH3 is 1. The van der Waals surface area contributed by atoms with Crippen LogP contribution in [-0.2, 0) is 4.74 Å². The van der Waals surface area contributed by atoms with Crippen molar-refractivity contribution < 1.29 is 4.74 Å². The molecule has 0 unspecified atom stereocenters. The summed E-state index contributed by atoms with van der Waals surface area (Å²) in [7, 11) is 1.80. The first kappa shape index (κ1) is 15.8. The highest BCUT2D eigenvalue weighted by Gasteiger charge is 2.26. The topological polar surface area (TPSA) is 66.9 Å². The summed E-state index contributed by atoms with van der Waals surface area (Å²) in [6, 6.07) is 6.40. The van der Waals surface area contributed by atoms with Gasteiger partial charge < -0.3 is 9.64 Å². The van der Waals surface area contributed by atoms with Gasteiger partial charge in [-0.3, -0.25) is 10.1 Å². The number of aromatic amines is 1. The zero-order valence-corrected chi connectivity index (χ0v) is 15.0. The predicted molar refractivity (Wildman–Crippen MR) is 101 cm³/mol. The monoisotopic (exact) mass is 349 g/mol. The predicted octanol–water partition coefficient (Wildman–Crippen LogP) is 3.51. The normalized spacial score (nSPS) is 18.6. The van der Waals surface area contributed by atoms with Crippen molar-refractivity contribution in [3.8, 4) is 11.3 Å². The Balaban J connectivity index is 1.47. The molecule has 134 valence electrons. The van der Waals surface area contributed by atoms with Gasteiger partial charge in [-0.2, -0.15) is 5.10 Å². The first-order chi connectivity index (χ1) is 12.8. The van der Waals surface area contributed by atoms with Crippen LogP contribution in [-0.4, -0.2) is 46.5 Å². The maximum atomic E-state index is 5.47. The lowest BCUT2D eigenvalue weighted by Crippen LogP contribution is -2.37. The van der Waals surface area contributed by atoms with Crippen LogP contribution in [0, 0.1) is 0 Å². The summed E-state index contributed by atoms with van der Waals surface area (Å²) >= 11 is 0. The third kappa shape index (κ3) is 2.84. The minimum atomic E-state index is 0.373. The van der Waals surface area contributed by atoms with Gasteiger partial charge in [-0.05, 0) is 43.9 Å². The van der Waals surface area contributed by atoms with Crippen molar-refractivity contribution in [1.29, 1.82) is 0 Å². The molecule has 0 amide bonds. The van der Waals surface area contributed by atoms with Gasteiger partial charge in [-0.25, -0.2) is 4.98 Å². The van der Waals surface area contributed by atoms with E-state index >= 15 is 0 Å². The SMILES string of the molecule is COC1CCN(c2cc(-c3n[nH]c4cnc(C5CC5)cc34)ccn2)CC1. The number of aromatic nitrogens is 4. The molecule has 1 saturated heterocycles. The maximum absolute atomic E-state index is 5.47. The first-order valence-electron chi connectivity index (χ1n) is 9.40. The Bertz CT molecular complexity index is 925. The van der Waals surface area contributed by atoms with Crippen molar-refractivity contribution in [3.05, 3.63) is 36.3 Å². The standard InChI is InChI=1S/C20H23N5O/c1-26-15-5-8-25(9-6-15)19-10-14(4-7-21-19)20-16-11-17(13-2-3-13)22-12-18(16)23-24-20/h4,7,10-13,15H,2-3,5-6,8-9H2,1H3,(H,23,24). The van der Waals surface area contributed by atoms with Crippen LogP contribution in [0.25, 0.3) is 22.2 Å². The second-order valence-corrected chi connectivity index (χ2v) is 7.33. The molecule has 4 heterocycles. The van der Waals surface area contributed by atoms with Crippen LogP contribution in [0.15, 0.2) is 30.6 Å². The van der Waals surface area contributed by atoms with Crippen molar-refractivity contribution in [2.45, 2.75) is 37.7 Å². The number of H-pyrrole nitrogens is 1. The summed E-state index contributed by atoms with van der Waals surface area (Å²) < 4.78 is 5.47. The average Bonchev–Trinajstić information content (AvgIpc) is 3.47. The molecule has 6 nitrogen and oxygen atoms in total. The fourth-order valence-corrected chi connectivity index (χ4v) is 3.81. The Morgan fingerprint density at radius 1 is 1.12 bits per heavy atom. The molecule has 0 bridgehead atoms. The summed E-state index contributed by atoms with van der Waals surface area (Å²) in [5, 5.41) is 8.84. The molecule has 5 rings (SSSR count). The van der Waals surface area contributed by atoms with Crippen LogP contribution in [0.3, 0.4) is 0 Å². The molecular formula is C20H23N5O. The smallest absolute Gasteiger partial charge is 0.129 e. The molecule has 1 aliphatic carbocycles. The van der Waals surface area contributed by atoms with E-state index in [1.165, 1.54) is 18.5 Å². The molecule has 3 aromatic rings. The van der Waals surface area contributed by atoms with E-state index in [9.17, 15) is 0 Å². The number of piperidine rings is 1. The quantitative estimate of drug-likeness (QED) is 0.781. The number of nitrogens with one attached hydrogen (secondary N) is 1. The van der Waals surface area contributed by atoms with Gasteiger partial charge in [0.2, 0.25) is 0 Å².